The molecular formula is C24H29N5O7. The predicted molar refractivity (Wildman–Crippen MR) is 132 cm³/mol. The molecule has 1 heterocycles. The van der Waals surface area contributed by atoms with Crippen molar-refractivity contribution in [3.63, 3.8) is 0 Å². The number of fused-ring (bicyclic) bond motifs is 1. The smallest absolute Gasteiger partial charge is 0.319 e. The van der Waals surface area contributed by atoms with Crippen LogP contribution in [0, 0.1) is 20.2 Å². The molecule has 4 rings (SSSR count). The van der Waals surface area contributed by atoms with Crippen LogP contribution in [0.25, 0.3) is 0 Å². The van der Waals surface area contributed by atoms with E-state index in [1.165, 1.54) is 5.56 Å². The van der Waals surface area contributed by atoms with Gasteiger partial charge in [0.05, 0.1) is 35.8 Å². The standard InChI is InChI=1S/C24H29N5O7/c1-27-9-8-24(15-4-5-20(35-2)21(10-15)36-3)7-6-16(13-22(24)27)25-23(30)26-17-11-18(28(31)32)14-19(12-17)29(33)34/h4-5,10-12,14,16,22H,6-9,13H2,1-3H3,(H2,25,26,30)/t16-,22+,24-/m0/s1. The fourth-order valence-corrected chi connectivity index (χ4v) is 5.63. The van der Waals surface area contributed by atoms with Crippen LogP contribution in [-0.2, 0) is 5.41 Å². The van der Waals surface area contributed by atoms with Gasteiger partial charge in [-0.1, -0.05) is 6.07 Å². The second-order valence-corrected chi connectivity index (χ2v) is 9.29. The van der Waals surface area contributed by atoms with E-state index in [-0.39, 0.29) is 23.2 Å². The fraction of sp³-hybridized carbons (Fsp3) is 0.458. The maximum Gasteiger partial charge on any atom is 0.319 e. The lowest BCUT2D eigenvalue weighted by atomic mass is 9.65. The Labute approximate surface area is 207 Å². The van der Waals surface area contributed by atoms with Gasteiger partial charge in [-0.3, -0.25) is 20.2 Å². The highest BCUT2D eigenvalue weighted by Gasteiger charge is 2.50. The second-order valence-electron chi connectivity index (χ2n) is 9.29. The monoisotopic (exact) mass is 499 g/mol. The van der Waals surface area contributed by atoms with Crippen LogP contribution in [0.3, 0.4) is 0 Å². The molecule has 2 amide bonds. The van der Waals surface area contributed by atoms with Gasteiger partial charge in [-0.2, -0.15) is 0 Å². The Morgan fingerprint density at radius 2 is 1.69 bits per heavy atom. The third kappa shape index (κ3) is 4.76. The van der Waals surface area contributed by atoms with Gasteiger partial charge in [-0.05, 0) is 57.0 Å². The summed E-state index contributed by atoms with van der Waals surface area (Å²) >= 11 is 0. The first-order chi connectivity index (χ1) is 17.2. The van der Waals surface area contributed by atoms with Crippen molar-refractivity contribution in [3.8, 4) is 11.5 Å². The van der Waals surface area contributed by atoms with Crippen molar-refractivity contribution in [3.05, 3.63) is 62.2 Å². The molecule has 1 saturated carbocycles. The summed E-state index contributed by atoms with van der Waals surface area (Å²) in [5.41, 5.74) is 0.154. The highest BCUT2D eigenvalue weighted by molar-refractivity contribution is 5.90. The predicted octanol–water partition coefficient (Wildman–Crippen LogP) is 3.84. The zero-order chi connectivity index (χ0) is 26.0. The number of carbonyl (C=O) groups is 1. The third-order valence-electron chi connectivity index (χ3n) is 7.40. The molecule has 0 spiro atoms. The Morgan fingerprint density at radius 3 is 2.31 bits per heavy atom. The number of nitrogens with one attached hydrogen (secondary N) is 2. The van der Waals surface area contributed by atoms with Gasteiger partial charge in [-0.15, -0.1) is 0 Å². The number of amides is 2. The Morgan fingerprint density at radius 1 is 1.03 bits per heavy atom. The zero-order valence-electron chi connectivity index (χ0n) is 20.4. The number of non-ortho nitro benzene ring substituents is 2. The molecule has 1 aliphatic carbocycles. The number of urea groups is 1. The van der Waals surface area contributed by atoms with Crippen molar-refractivity contribution in [2.24, 2.45) is 0 Å². The number of likely N-dealkylation sites (N-methyl/N-ethyl adjacent to an activating group) is 1. The fourth-order valence-electron chi connectivity index (χ4n) is 5.63. The lowest BCUT2D eigenvalue weighted by molar-refractivity contribution is -0.394. The molecule has 12 heteroatoms. The first kappa shape index (κ1) is 25.2. The van der Waals surface area contributed by atoms with E-state index in [4.69, 9.17) is 9.47 Å². The summed E-state index contributed by atoms with van der Waals surface area (Å²) in [6.45, 7) is 0.926. The Bertz CT molecular complexity index is 1160. The molecule has 0 unspecified atom stereocenters. The second kappa shape index (κ2) is 9.97. The minimum absolute atomic E-state index is 0.0122. The van der Waals surface area contributed by atoms with Crippen LogP contribution in [-0.4, -0.2) is 60.7 Å². The van der Waals surface area contributed by atoms with E-state index < -0.39 is 27.3 Å². The lowest BCUT2D eigenvalue weighted by Gasteiger charge is -2.45. The van der Waals surface area contributed by atoms with Gasteiger partial charge in [0.25, 0.3) is 11.4 Å². The van der Waals surface area contributed by atoms with E-state index in [1.807, 2.05) is 12.1 Å². The van der Waals surface area contributed by atoms with Crippen LogP contribution in [0.1, 0.15) is 31.2 Å². The maximum absolute atomic E-state index is 12.7. The van der Waals surface area contributed by atoms with Crippen molar-refractivity contribution in [2.45, 2.75) is 43.2 Å². The number of rotatable bonds is 7. The molecule has 2 aliphatic rings. The number of anilines is 1. The number of likely N-dealkylation sites (tertiary alicyclic amines) is 1. The highest BCUT2D eigenvalue weighted by Crippen LogP contribution is 2.49. The molecule has 1 saturated heterocycles. The molecular weight excluding hydrogens is 470 g/mol. The van der Waals surface area contributed by atoms with Gasteiger partial charge in [-0.25, -0.2) is 4.79 Å². The average Bonchev–Trinajstić information content (AvgIpc) is 3.20. The van der Waals surface area contributed by atoms with Crippen molar-refractivity contribution < 1.29 is 24.1 Å². The van der Waals surface area contributed by atoms with Crippen molar-refractivity contribution in [1.82, 2.24) is 10.2 Å². The molecule has 0 aromatic heterocycles. The van der Waals surface area contributed by atoms with Gasteiger partial charge in [0, 0.05) is 29.6 Å². The molecule has 2 aromatic carbocycles. The number of nitro groups is 2. The highest BCUT2D eigenvalue weighted by atomic mass is 16.6. The summed E-state index contributed by atoms with van der Waals surface area (Å²) in [6, 6.07) is 8.60. The third-order valence-corrected chi connectivity index (χ3v) is 7.40. The Balaban J connectivity index is 1.49. The first-order valence-corrected chi connectivity index (χ1v) is 11.6. The molecule has 192 valence electrons. The molecule has 0 bridgehead atoms. The summed E-state index contributed by atoms with van der Waals surface area (Å²) in [5, 5.41) is 27.7. The maximum atomic E-state index is 12.7. The molecule has 1 aliphatic heterocycles. The molecule has 2 N–H and O–H groups in total. The normalized spacial score (nSPS) is 23.4. The van der Waals surface area contributed by atoms with Gasteiger partial charge < -0.3 is 25.0 Å². The van der Waals surface area contributed by atoms with Gasteiger partial charge in [0.2, 0.25) is 0 Å². The SMILES string of the molecule is COc1ccc([C@@]23CC[C@H](NC(=O)Nc4cc([N+](=O)[O-])cc([N+](=O)[O-])c4)C[C@H]2N(C)CC3)cc1OC. The van der Waals surface area contributed by atoms with E-state index in [2.05, 4.69) is 28.6 Å². The minimum Gasteiger partial charge on any atom is -0.493 e. The summed E-state index contributed by atoms with van der Waals surface area (Å²) in [7, 11) is 5.31. The van der Waals surface area contributed by atoms with Crippen LogP contribution >= 0.6 is 0 Å². The van der Waals surface area contributed by atoms with E-state index in [9.17, 15) is 25.0 Å². The Kier molecular flexibility index (Phi) is 6.97. The average molecular weight is 500 g/mol. The minimum atomic E-state index is -0.735. The van der Waals surface area contributed by atoms with Gasteiger partial charge >= 0.3 is 6.03 Å². The van der Waals surface area contributed by atoms with E-state index in [0.717, 1.165) is 44.0 Å². The number of carbonyl (C=O) groups excluding carboxylic acids is 1. The van der Waals surface area contributed by atoms with E-state index in [1.54, 1.807) is 14.2 Å². The first-order valence-electron chi connectivity index (χ1n) is 11.6. The van der Waals surface area contributed by atoms with E-state index in [0.29, 0.717) is 17.9 Å². The molecule has 36 heavy (non-hydrogen) atoms. The molecule has 2 fully saturated rings. The number of hydrogen-bond donors (Lipinski definition) is 2. The van der Waals surface area contributed by atoms with Gasteiger partial charge in [0.1, 0.15) is 0 Å². The van der Waals surface area contributed by atoms with Crippen LogP contribution in [0.4, 0.5) is 21.9 Å². The summed E-state index contributed by atoms with van der Waals surface area (Å²) in [4.78, 5) is 35.8. The molecule has 12 nitrogen and oxygen atoms in total. The number of hydrogen-bond acceptors (Lipinski definition) is 8. The molecule has 2 aromatic rings. The van der Waals surface area contributed by atoms with Crippen molar-refractivity contribution in [1.29, 1.82) is 0 Å². The zero-order valence-corrected chi connectivity index (χ0v) is 20.4. The molecule has 0 radical (unpaired) electrons. The van der Waals surface area contributed by atoms with Crippen molar-refractivity contribution >= 4 is 23.1 Å². The number of benzene rings is 2. The number of ether oxygens (including phenoxy) is 2. The lowest BCUT2D eigenvalue weighted by Crippen LogP contribution is -2.52. The van der Waals surface area contributed by atoms with Crippen LogP contribution < -0.4 is 20.1 Å². The van der Waals surface area contributed by atoms with Crippen molar-refractivity contribution in [2.75, 3.05) is 33.1 Å². The number of methoxy groups -OCH3 is 2. The molecule has 3 atom stereocenters. The number of nitrogens with zero attached hydrogens (tertiary/aromatic N) is 3. The Hall–Kier alpha value is -3.93. The van der Waals surface area contributed by atoms with Crippen LogP contribution in [0.5, 0.6) is 11.5 Å². The largest absolute Gasteiger partial charge is 0.493 e. The van der Waals surface area contributed by atoms with Crippen LogP contribution in [0.15, 0.2) is 36.4 Å². The topological polar surface area (TPSA) is 149 Å². The summed E-state index contributed by atoms with van der Waals surface area (Å²) in [5.74, 6) is 1.36. The summed E-state index contributed by atoms with van der Waals surface area (Å²) < 4.78 is 10.9. The van der Waals surface area contributed by atoms with Crippen LogP contribution in [0.2, 0.25) is 0 Å². The number of nitro benzene ring substituents is 2. The summed E-state index contributed by atoms with van der Waals surface area (Å²) in [6.07, 6.45) is 3.29. The van der Waals surface area contributed by atoms with E-state index >= 15 is 0 Å². The quantitative estimate of drug-likeness (QED) is 0.431. The van der Waals surface area contributed by atoms with Gasteiger partial charge in [0.15, 0.2) is 11.5 Å².